The second-order valence-corrected chi connectivity index (χ2v) is 14.5. The second-order valence-electron chi connectivity index (χ2n) is 13.7. The molecular weight excluding hydrogens is 653 g/mol. The van der Waals surface area contributed by atoms with E-state index in [1.54, 1.807) is 36.0 Å². The third-order valence-corrected chi connectivity index (χ3v) is 10.3. The number of carbonyl (C=O) groups excluding carboxylic acids is 1. The fourth-order valence-corrected chi connectivity index (χ4v) is 7.66. The summed E-state index contributed by atoms with van der Waals surface area (Å²) in [4.78, 5) is 26.5. The zero-order valence-corrected chi connectivity index (χ0v) is 28.8. The monoisotopic (exact) mass is 691 g/mol. The fraction of sp³-hybridized carbons (Fsp3) is 0.400. The number of β-amino-alcohol motifs (C(OH)–C–C–N with tert-alkyl or cyclic N) is 1. The van der Waals surface area contributed by atoms with Gasteiger partial charge in [-0.3, -0.25) is 19.4 Å². The molecule has 3 aromatic heterocycles. The van der Waals surface area contributed by atoms with E-state index in [1.807, 2.05) is 56.4 Å². The van der Waals surface area contributed by atoms with E-state index >= 15 is 0 Å². The molecule has 1 atom stereocenters. The molecule has 48 heavy (non-hydrogen) atoms. The zero-order chi connectivity index (χ0) is 34.0. The van der Waals surface area contributed by atoms with Crippen LogP contribution in [-0.2, 0) is 6.54 Å². The largest absolute Gasteiger partial charge is 0.481 e. The Morgan fingerprint density at radius 1 is 1.04 bits per heavy atom. The first-order valence-corrected chi connectivity index (χ1v) is 16.7. The molecule has 3 aliphatic rings. The van der Waals surface area contributed by atoms with E-state index in [2.05, 4.69) is 20.6 Å². The molecule has 11 nitrogen and oxygen atoms in total. The molecule has 4 aromatic rings. The van der Waals surface area contributed by atoms with E-state index in [9.17, 15) is 15.0 Å². The van der Waals surface area contributed by atoms with Gasteiger partial charge in [0.25, 0.3) is 5.91 Å². The summed E-state index contributed by atoms with van der Waals surface area (Å²) in [5.74, 6) is 0.378. The number of carbonyl (C=O) groups is 1. The molecule has 1 saturated carbocycles. The van der Waals surface area contributed by atoms with Crippen molar-refractivity contribution in [2.24, 2.45) is 0 Å². The van der Waals surface area contributed by atoms with Crippen molar-refractivity contribution in [2.75, 3.05) is 39.2 Å². The maximum absolute atomic E-state index is 13.3. The standard InChI is InChI=1S/C35H39Cl2N7O4/c1-34(46)13-22(14-34)39-15-20-8-9-26(40-32(20)48-4)25-7-5-6-23(29(25)36)24-10-11-38-31(30(24)37)21-12-27-33(45)42(3)28(41-44(27)16-21)17-43-18-35(2,47)19-43/h5-12,16,22,28,39,41,46-47H,13-15,17-19H2,1-4H3. The van der Waals surface area contributed by atoms with Crippen molar-refractivity contribution in [1.82, 2.24) is 29.8 Å². The normalized spacial score (nSPS) is 23.2. The number of aromatic nitrogens is 3. The van der Waals surface area contributed by atoms with Gasteiger partial charge in [0.1, 0.15) is 11.9 Å². The van der Waals surface area contributed by atoms with Gasteiger partial charge < -0.3 is 30.6 Å². The average Bonchev–Trinajstić information content (AvgIpc) is 3.45. The van der Waals surface area contributed by atoms with Gasteiger partial charge in [-0.15, -0.1) is 0 Å². The Bertz CT molecular complexity index is 1880. The predicted molar refractivity (Wildman–Crippen MR) is 186 cm³/mol. The number of hydrogen-bond donors (Lipinski definition) is 4. The van der Waals surface area contributed by atoms with Crippen molar-refractivity contribution in [3.05, 3.63) is 76.2 Å². The summed E-state index contributed by atoms with van der Waals surface area (Å²) < 4.78 is 7.37. The van der Waals surface area contributed by atoms with Crippen LogP contribution in [0, 0.1) is 0 Å². The lowest BCUT2D eigenvalue weighted by Gasteiger charge is -2.47. The summed E-state index contributed by atoms with van der Waals surface area (Å²) in [5.41, 5.74) is 7.51. The molecule has 1 aliphatic carbocycles. The Kier molecular flexibility index (Phi) is 8.42. The van der Waals surface area contributed by atoms with Crippen LogP contribution in [0.2, 0.25) is 10.0 Å². The van der Waals surface area contributed by atoms with Gasteiger partial charge in [-0.05, 0) is 44.9 Å². The number of likely N-dealkylation sites (N-methyl/N-ethyl adjacent to an activating group) is 1. The Hall–Kier alpha value is -3.71. The van der Waals surface area contributed by atoms with Gasteiger partial charge >= 0.3 is 0 Å². The molecule has 4 N–H and O–H groups in total. The number of pyridine rings is 2. The van der Waals surface area contributed by atoms with Crippen molar-refractivity contribution in [3.8, 4) is 39.5 Å². The van der Waals surface area contributed by atoms with E-state index in [4.69, 9.17) is 32.9 Å². The van der Waals surface area contributed by atoms with Gasteiger partial charge in [0.15, 0.2) is 0 Å². The van der Waals surface area contributed by atoms with Gasteiger partial charge in [0, 0.05) is 79.5 Å². The van der Waals surface area contributed by atoms with Crippen molar-refractivity contribution in [1.29, 1.82) is 0 Å². The number of likely N-dealkylation sites (tertiary alicyclic amines) is 1. The van der Waals surface area contributed by atoms with E-state index in [0.717, 1.165) is 16.7 Å². The summed E-state index contributed by atoms with van der Waals surface area (Å²) in [6.07, 6.45) is 4.67. The number of ether oxygens (including phenoxy) is 1. The Morgan fingerprint density at radius 3 is 2.48 bits per heavy atom. The molecule has 2 fully saturated rings. The second kappa shape index (κ2) is 12.3. The third-order valence-electron chi connectivity index (χ3n) is 9.49. The number of aliphatic hydroxyl groups is 2. The van der Waals surface area contributed by atoms with Crippen molar-refractivity contribution in [3.63, 3.8) is 0 Å². The molecule has 13 heteroatoms. The first-order chi connectivity index (χ1) is 22.8. The summed E-state index contributed by atoms with van der Waals surface area (Å²) >= 11 is 14.1. The number of methoxy groups -OCH3 is 1. The van der Waals surface area contributed by atoms with Gasteiger partial charge in [-0.25, -0.2) is 4.98 Å². The molecule has 252 valence electrons. The predicted octanol–water partition coefficient (Wildman–Crippen LogP) is 4.62. The van der Waals surface area contributed by atoms with Crippen molar-refractivity contribution in [2.45, 2.75) is 56.6 Å². The number of halogens is 2. The molecule has 1 aromatic carbocycles. The summed E-state index contributed by atoms with van der Waals surface area (Å²) in [5, 5.41) is 24.5. The van der Waals surface area contributed by atoms with Crippen LogP contribution in [0.25, 0.3) is 33.6 Å². The number of benzene rings is 1. The average molecular weight is 693 g/mol. The van der Waals surface area contributed by atoms with Crippen LogP contribution in [-0.4, -0.2) is 97.8 Å². The molecule has 0 bridgehead atoms. The Morgan fingerprint density at radius 2 is 1.77 bits per heavy atom. The van der Waals surface area contributed by atoms with E-state index in [0.29, 0.717) is 83.2 Å². The minimum Gasteiger partial charge on any atom is -0.481 e. The van der Waals surface area contributed by atoms with Crippen LogP contribution in [0.3, 0.4) is 0 Å². The molecule has 7 rings (SSSR count). The van der Waals surface area contributed by atoms with Gasteiger partial charge in [-0.1, -0.05) is 47.5 Å². The van der Waals surface area contributed by atoms with Gasteiger partial charge in [0.2, 0.25) is 5.88 Å². The van der Waals surface area contributed by atoms with Crippen LogP contribution in [0.5, 0.6) is 5.88 Å². The molecule has 1 amide bonds. The van der Waals surface area contributed by atoms with Crippen molar-refractivity contribution < 1.29 is 19.7 Å². The highest BCUT2D eigenvalue weighted by molar-refractivity contribution is 6.39. The first kappa shape index (κ1) is 32.8. The van der Waals surface area contributed by atoms with E-state index < -0.39 is 11.2 Å². The smallest absolute Gasteiger partial charge is 0.273 e. The number of rotatable bonds is 9. The summed E-state index contributed by atoms with van der Waals surface area (Å²) in [7, 11) is 3.37. The van der Waals surface area contributed by atoms with Gasteiger partial charge in [0.05, 0.1) is 39.7 Å². The van der Waals surface area contributed by atoms with Crippen LogP contribution < -0.4 is 15.5 Å². The minimum absolute atomic E-state index is 0.124. The van der Waals surface area contributed by atoms with E-state index in [-0.39, 0.29) is 18.1 Å². The minimum atomic E-state index is -0.690. The zero-order valence-electron chi connectivity index (χ0n) is 27.3. The number of nitrogens with one attached hydrogen (secondary N) is 2. The summed E-state index contributed by atoms with van der Waals surface area (Å²) in [6, 6.07) is 13.5. The molecule has 2 aliphatic heterocycles. The number of nitrogens with zero attached hydrogens (tertiary/aromatic N) is 5. The highest BCUT2D eigenvalue weighted by Crippen LogP contribution is 2.42. The Labute approximate surface area is 289 Å². The lowest BCUT2D eigenvalue weighted by atomic mass is 9.77. The molecule has 1 unspecified atom stereocenters. The van der Waals surface area contributed by atoms with Gasteiger partial charge in [-0.2, -0.15) is 0 Å². The van der Waals surface area contributed by atoms with Crippen LogP contribution in [0.1, 0.15) is 42.7 Å². The van der Waals surface area contributed by atoms with Crippen molar-refractivity contribution >= 4 is 29.1 Å². The molecule has 0 radical (unpaired) electrons. The summed E-state index contributed by atoms with van der Waals surface area (Å²) in [6.45, 7) is 5.94. The molecule has 1 saturated heterocycles. The molecule has 5 heterocycles. The number of amides is 1. The Balaban J connectivity index is 1.14. The maximum Gasteiger partial charge on any atom is 0.273 e. The molecule has 0 spiro atoms. The topological polar surface area (TPSA) is 128 Å². The lowest BCUT2D eigenvalue weighted by molar-refractivity contribution is -0.0886. The molecular formula is C35H39Cl2N7O4. The van der Waals surface area contributed by atoms with Crippen LogP contribution >= 0.6 is 23.2 Å². The lowest BCUT2D eigenvalue weighted by Crippen LogP contribution is -2.65. The number of hydrogen-bond acceptors (Lipinski definition) is 9. The number of fused-ring (bicyclic) bond motifs is 1. The SMILES string of the molecule is COc1nc(-c2cccc(-c3ccnc(-c4cc5n(c4)NC(CN4CC(C)(O)C4)N(C)C5=O)c3Cl)c2Cl)ccc1CNC1CC(C)(O)C1. The van der Waals surface area contributed by atoms with Crippen LogP contribution in [0.15, 0.2) is 54.9 Å². The van der Waals surface area contributed by atoms with Crippen LogP contribution in [0.4, 0.5) is 0 Å². The van der Waals surface area contributed by atoms with E-state index in [1.165, 1.54) is 0 Å². The maximum atomic E-state index is 13.3. The fourth-order valence-electron chi connectivity index (χ4n) is 7.01. The highest BCUT2D eigenvalue weighted by atomic mass is 35.5. The highest BCUT2D eigenvalue weighted by Gasteiger charge is 2.40. The first-order valence-electron chi connectivity index (χ1n) is 16.0. The third kappa shape index (κ3) is 6.15. The quantitative estimate of drug-likeness (QED) is 0.199.